The second-order valence-electron chi connectivity index (χ2n) is 4.92. The normalized spacial score (nSPS) is 12.0. The first-order valence-corrected chi connectivity index (χ1v) is 8.44. The monoisotopic (exact) mass is 319 g/mol. The molecule has 1 aromatic carbocycles. The van der Waals surface area contributed by atoms with E-state index in [-0.39, 0.29) is 11.9 Å². The van der Waals surface area contributed by atoms with Crippen molar-refractivity contribution in [2.45, 2.75) is 12.5 Å². The Morgan fingerprint density at radius 3 is 2.95 bits per heavy atom. The second-order valence-corrected chi connectivity index (χ2v) is 5.90. The lowest BCUT2D eigenvalue weighted by molar-refractivity contribution is -0.121. The Morgan fingerprint density at radius 2 is 2.32 bits per heavy atom. The van der Waals surface area contributed by atoms with Crippen molar-refractivity contribution in [1.29, 1.82) is 0 Å². The lowest BCUT2D eigenvalue weighted by Gasteiger charge is -2.19. The molecule has 22 heavy (non-hydrogen) atoms. The van der Waals surface area contributed by atoms with E-state index in [9.17, 15) is 4.79 Å². The first kappa shape index (κ1) is 16.4. The molecule has 6 heteroatoms. The first-order valence-electron chi connectivity index (χ1n) is 7.05. The summed E-state index contributed by atoms with van der Waals surface area (Å²) in [5, 5.41) is 3.07. The molecule has 0 spiro atoms. The van der Waals surface area contributed by atoms with E-state index in [0.717, 1.165) is 22.9 Å². The molecule has 1 heterocycles. The molecule has 2 rings (SSSR count). The predicted octanol–water partition coefficient (Wildman–Crippen LogP) is 2.39. The summed E-state index contributed by atoms with van der Waals surface area (Å²) in [6, 6.07) is 7.40. The zero-order chi connectivity index (χ0) is 15.9. The maximum absolute atomic E-state index is 12.2. The van der Waals surface area contributed by atoms with Crippen LogP contribution in [-0.2, 0) is 11.8 Å². The topological polar surface area (TPSA) is 56.1 Å². The van der Waals surface area contributed by atoms with Gasteiger partial charge in [0.25, 0.3) is 0 Å². The number of hydrogen-bond acceptors (Lipinski definition) is 4. The molecule has 0 bridgehead atoms. The van der Waals surface area contributed by atoms with Crippen LogP contribution >= 0.6 is 11.8 Å². The number of nitrogens with one attached hydrogen (secondary N) is 1. The summed E-state index contributed by atoms with van der Waals surface area (Å²) >= 11 is 1.66. The largest absolute Gasteiger partial charge is 0.497 e. The Hall–Kier alpha value is -1.95. The number of amides is 1. The van der Waals surface area contributed by atoms with Crippen molar-refractivity contribution in [3.05, 3.63) is 48.0 Å². The number of imidazole rings is 1. The zero-order valence-corrected chi connectivity index (χ0v) is 13.9. The maximum atomic E-state index is 12.2. The lowest BCUT2D eigenvalue weighted by Crippen LogP contribution is -2.31. The Morgan fingerprint density at radius 1 is 1.50 bits per heavy atom. The van der Waals surface area contributed by atoms with Crippen molar-refractivity contribution in [2.24, 2.45) is 7.05 Å². The van der Waals surface area contributed by atoms with Gasteiger partial charge in [-0.2, -0.15) is 11.8 Å². The highest BCUT2D eigenvalue weighted by Crippen LogP contribution is 2.24. The number of carbonyl (C=O) groups excluding carboxylic acids is 1. The van der Waals surface area contributed by atoms with Gasteiger partial charge in [0.05, 0.1) is 7.11 Å². The summed E-state index contributed by atoms with van der Waals surface area (Å²) in [7, 11) is 3.55. The summed E-state index contributed by atoms with van der Waals surface area (Å²) in [5.74, 6) is 2.38. The molecule has 2 aromatic rings. The van der Waals surface area contributed by atoms with Crippen LogP contribution in [0.25, 0.3) is 0 Å². The van der Waals surface area contributed by atoms with Crippen molar-refractivity contribution >= 4 is 17.7 Å². The third-order valence-electron chi connectivity index (χ3n) is 3.38. The SMILES string of the molecule is COc1cccc([C@H](NC(=O)CCSC)c2nccn2C)c1. The Bertz CT molecular complexity index is 627. The van der Waals surface area contributed by atoms with Gasteiger partial charge in [0.1, 0.15) is 17.6 Å². The van der Waals surface area contributed by atoms with Crippen LogP contribution in [0.4, 0.5) is 0 Å². The quantitative estimate of drug-likeness (QED) is 0.851. The van der Waals surface area contributed by atoms with Gasteiger partial charge >= 0.3 is 0 Å². The van der Waals surface area contributed by atoms with Crippen LogP contribution in [0.5, 0.6) is 5.75 Å². The Balaban J connectivity index is 2.29. The minimum Gasteiger partial charge on any atom is -0.497 e. The van der Waals surface area contributed by atoms with Gasteiger partial charge in [-0.25, -0.2) is 4.98 Å². The fraction of sp³-hybridized carbons (Fsp3) is 0.375. The number of hydrogen-bond donors (Lipinski definition) is 1. The van der Waals surface area contributed by atoms with E-state index in [4.69, 9.17) is 4.74 Å². The Labute approximate surface area is 135 Å². The molecule has 0 aliphatic carbocycles. The highest BCUT2D eigenvalue weighted by Gasteiger charge is 2.20. The number of ether oxygens (including phenoxy) is 1. The zero-order valence-electron chi connectivity index (χ0n) is 13.1. The first-order chi connectivity index (χ1) is 10.7. The van der Waals surface area contributed by atoms with Crippen molar-refractivity contribution in [3.63, 3.8) is 0 Å². The molecule has 1 atom stereocenters. The molecule has 1 amide bonds. The molecule has 0 aliphatic heterocycles. The van der Waals surface area contributed by atoms with E-state index in [1.807, 2.05) is 48.3 Å². The van der Waals surface area contributed by atoms with E-state index in [2.05, 4.69) is 10.3 Å². The van der Waals surface area contributed by atoms with Gasteiger partial charge in [0.2, 0.25) is 5.91 Å². The molecule has 0 unspecified atom stereocenters. The summed E-state index contributed by atoms with van der Waals surface area (Å²) in [6.07, 6.45) is 6.09. The van der Waals surface area contributed by atoms with Gasteiger partial charge in [-0.15, -0.1) is 0 Å². The predicted molar refractivity (Wildman–Crippen MR) is 89.2 cm³/mol. The maximum Gasteiger partial charge on any atom is 0.221 e. The molecule has 1 aromatic heterocycles. The molecular weight excluding hydrogens is 298 g/mol. The van der Waals surface area contributed by atoms with Crippen molar-refractivity contribution in [2.75, 3.05) is 19.1 Å². The summed E-state index contributed by atoms with van der Waals surface area (Å²) in [4.78, 5) is 16.5. The van der Waals surface area contributed by atoms with Crippen molar-refractivity contribution in [1.82, 2.24) is 14.9 Å². The Kier molecular flexibility index (Phi) is 5.89. The number of nitrogens with zero attached hydrogens (tertiary/aromatic N) is 2. The highest BCUT2D eigenvalue weighted by molar-refractivity contribution is 7.98. The van der Waals surface area contributed by atoms with E-state index in [1.165, 1.54) is 0 Å². The van der Waals surface area contributed by atoms with E-state index < -0.39 is 0 Å². The third-order valence-corrected chi connectivity index (χ3v) is 3.99. The number of methoxy groups -OCH3 is 1. The molecule has 118 valence electrons. The average Bonchev–Trinajstić information content (AvgIpc) is 2.96. The minimum absolute atomic E-state index is 0.0187. The summed E-state index contributed by atoms with van der Waals surface area (Å²) in [5.41, 5.74) is 0.950. The molecule has 5 nitrogen and oxygen atoms in total. The van der Waals surface area contributed by atoms with Crippen LogP contribution in [0.2, 0.25) is 0 Å². The van der Waals surface area contributed by atoms with Gasteiger partial charge < -0.3 is 14.6 Å². The summed E-state index contributed by atoms with van der Waals surface area (Å²) in [6.45, 7) is 0. The number of carbonyl (C=O) groups is 1. The standard InChI is InChI=1S/C16H21N3O2S/c1-19-9-8-17-16(19)15(18-14(20)7-10-22-3)12-5-4-6-13(11-12)21-2/h4-6,8-9,11,15H,7,10H2,1-3H3,(H,18,20)/t15-/m0/s1. The molecular formula is C16H21N3O2S. The van der Waals surface area contributed by atoms with Gasteiger partial charge in [-0.3, -0.25) is 4.79 Å². The number of aromatic nitrogens is 2. The fourth-order valence-corrected chi connectivity index (χ4v) is 2.59. The van der Waals surface area contributed by atoms with Gasteiger partial charge in [0.15, 0.2) is 0 Å². The van der Waals surface area contributed by atoms with Crippen LogP contribution in [0.15, 0.2) is 36.7 Å². The molecule has 0 aliphatic rings. The van der Waals surface area contributed by atoms with Crippen LogP contribution in [0.3, 0.4) is 0 Å². The van der Waals surface area contributed by atoms with Crippen LogP contribution < -0.4 is 10.1 Å². The van der Waals surface area contributed by atoms with E-state index in [1.54, 1.807) is 25.1 Å². The molecule has 1 N–H and O–H groups in total. The molecule has 0 saturated heterocycles. The highest BCUT2D eigenvalue weighted by atomic mass is 32.2. The molecule has 0 fully saturated rings. The van der Waals surface area contributed by atoms with Gasteiger partial charge in [-0.1, -0.05) is 12.1 Å². The van der Waals surface area contributed by atoms with E-state index >= 15 is 0 Å². The van der Waals surface area contributed by atoms with Crippen molar-refractivity contribution < 1.29 is 9.53 Å². The van der Waals surface area contributed by atoms with E-state index in [0.29, 0.717) is 6.42 Å². The smallest absolute Gasteiger partial charge is 0.221 e. The fourth-order valence-electron chi connectivity index (χ4n) is 2.20. The van der Waals surface area contributed by atoms with Gasteiger partial charge in [-0.05, 0) is 24.0 Å². The second kappa shape index (κ2) is 7.89. The molecule has 0 saturated carbocycles. The third kappa shape index (κ3) is 4.04. The number of benzene rings is 1. The average molecular weight is 319 g/mol. The molecule has 0 radical (unpaired) electrons. The number of aryl methyl sites for hydroxylation is 1. The van der Waals surface area contributed by atoms with Crippen LogP contribution in [0, 0.1) is 0 Å². The van der Waals surface area contributed by atoms with Crippen LogP contribution in [0.1, 0.15) is 23.9 Å². The van der Waals surface area contributed by atoms with Gasteiger partial charge in [0, 0.05) is 31.6 Å². The number of thioether (sulfide) groups is 1. The van der Waals surface area contributed by atoms with Crippen LogP contribution in [-0.4, -0.2) is 34.6 Å². The lowest BCUT2D eigenvalue weighted by atomic mass is 10.1. The minimum atomic E-state index is -0.288. The summed E-state index contributed by atoms with van der Waals surface area (Å²) < 4.78 is 7.19. The van der Waals surface area contributed by atoms with Crippen molar-refractivity contribution in [3.8, 4) is 5.75 Å². The number of rotatable bonds is 7.